The van der Waals surface area contributed by atoms with Crippen LogP contribution in [0.5, 0.6) is 5.75 Å². The van der Waals surface area contributed by atoms with E-state index in [-0.39, 0.29) is 0 Å². The van der Waals surface area contributed by atoms with Gasteiger partial charge in [-0.05, 0) is 65.7 Å². The topological polar surface area (TPSA) is 79.1 Å². The lowest BCUT2D eigenvalue weighted by atomic mass is 10.1. The number of fused-ring (bicyclic) bond motifs is 1. The molecule has 0 N–H and O–H groups in total. The van der Waals surface area contributed by atoms with Crippen LogP contribution in [0.2, 0.25) is 0 Å². The molecule has 0 aliphatic heterocycles. The number of carbonyl (C=O) groups is 1. The number of thiazole rings is 1. The zero-order chi connectivity index (χ0) is 24.0. The molecule has 0 aliphatic rings. The average Bonchev–Trinajstić information content (AvgIpc) is 3.55. The summed E-state index contributed by atoms with van der Waals surface area (Å²) in [6.45, 7) is 2.93. The standard InChI is InChI=1S/C27H24N4O3S/c1-2-3-6-17-33-22-15-13-20(14-16-22)26-28-18-25(35-26)19-9-11-21(12-10-19)27(32)34-31-24-8-5-4-7-23(24)29-30-31/h4-5,7-16,18H,2-3,6,17H2,1H3. The van der Waals surface area contributed by atoms with Gasteiger partial charge in [-0.2, -0.15) is 0 Å². The fourth-order valence-electron chi connectivity index (χ4n) is 3.59. The van der Waals surface area contributed by atoms with E-state index in [1.165, 1.54) is 12.8 Å². The first-order valence-electron chi connectivity index (χ1n) is 11.5. The summed E-state index contributed by atoms with van der Waals surface area (Å²) in [5.41, 5.74) is 3.74. The Kier molecular flexibility index (Phi) is 6.81. The molecule has 2 heterocycles. The maximum Gasteiger partial charge on any atom is 0.365 e. The van der Waals surface area contributed by atoms with Crippen molar-refractivity contribution in [2.45, 2.75) is 26.2 Å². The SMILES string of the molecule is CCCCCOc1ccc(-c2ncc(-c3ccc(C(=O)On4nnc5ccccc54)cc3)s2)cc1. The summed E-state index contributed by atoms with van der Waals surface area (Å²) < 4.78 is 5.79. The minimum absolute atomic E-state index is 0.424. The molecule has 0 atom stereocenters. The molecule has 2 aromatic heterocycles. The summed E-state index contributed by atoms with van der Waals surface area (Å²) in [6.07, 6.45) is 5.29. The Morgan fingerprint density at radius 1 is 0.943 bits per heavy atom. The Bertz CT molecular complexity index is 1430. The molecular weight excluding hydrogens is 460 g/mol. The molecule has 5 rings (SSSR count). The van der Waals surface area contributed by atoms with Crippen molar-refractivity contribution in [2.24, 2.45) is 0 Å². The highest BCUT2D eigenvalue weighted by atomic mass is 32.1. The van der Waals surface area contributed by atoms with Crippen LogP contribution in [-0.4, -0.2) is 32.7 Å². The van der Waals surface area contributed by atoms with E-state index in [1.807, 2.05) is 60.8 Å². The third-order valence-corrected chi connectivity index (χ3v) is 6.62. The molecule has 0 bridgehead atoms. The van der Waals surface area contributed by atoms with E-state index >= 15 is 0 Å². The number of nitrogens with zero attached hydrogens (tertiary/aromatic N) is 4. The molecule has 0 radical (unpaired) electrons. The highest BCUT2D eigenvalue weighted by molar-refractivity contribution is 7.18. The van der Waals surface area contributed by atoms with Gasteiger partial charge in [0.1, 0.15) is 21.8 Å². The smallest absolute Gasteiger partial charge is 0.365 e. The molecule has 0 spiro atoms. The van der Waals surface area contributed by atoms with E-state index in [1.54, 1.807) is 29.5 Å². The number of hydrogen-bond donors (Lipinski definition) is 0. The number of para-hydroxylation sites is 1. The van der Waals surface area contributed by atoms with Crippen LogP contribution < -0.4 is 9.57 Å². The van der Waals surface area contributed by atoms with Crippen molar-refractivity contribution in [2.75, 3.05) is 6.61 Å². The maximum absolute atomic E-state index is 12.6. The van der Waals surface area contributed by atoms with Crippen LogP contribution in [0.25, 0.3) is 32.0 Å². The number of carbonyl (C=O) groups excluding carboxylic acids is 1. The van der Waals surface area contributed by atoms with Gasteiger partial charge >= 0.3 is 5.97 Å². The molecule has 0 unspecified atom stereocenters. The van der Waals surface area contributed by atoms with Gasteiger partial charge in [-0.3, -0.25) is 0 Å². The van der Waals surface area contributed by atoms with Crippen molar-refractivity contribution in [1.29, 1.82) is 0 Å². The molecule has 0 fully saturated rings. The zero-order valence-corrected chi connectivity index (χ0v) is 20.1. The quantitative estimate of drug-likeness (QED) is 0.187. The zero-order valence-electron chi connectivity index (χ0n) is 19.3. The largest absolute Gasteiger partial charge is 0.494 e. The van der Waals surface area contributed by atoms with Crippen LogP contribution in [0.3, 0.4) is 0 Å². The minimum Gasteiger partial charge on any atom is -0.494 e. The van der Waals surface area contributed by atoms with E-state index < -0.39 is 5.97 Å². The maximum atomic E-state index is 12.6. The van der Waals surface area contributed by atoms with E-state index in [0.29, 0.717) is 16.6 Å². The van der Waals surface area contributed by atoms with E-state index in [2.05, 4.69) is 22.2 Å². The molecule has 3 aromatic carbocycles. The lowest BCUT2D eigenvalue weighted by molar-refractivity contribution is 0.0409. The molecule has 0 amide bonds. The van der Waals surface area contributed by atoms with Crippen LogP contribution in [0.15, 0.2) is 79.0 Å². The van der Waals surface area contributed by atoms with Crippen LogP contribution in [-0.2, 0) is 0 Å². The molecular formula is C27H24N4O3S. The first kappa shape index (κ1) is 22.7. The first-order chi connectivity index (χ1) is 17.2. The van der Waals surface area contributed by atoms with Crippen molar-refractivity contribution >= 4 is 28.3 Å². The molecule has 0 saturated carbocycles. The van der Waals surface area contributed by atoms with E-state index in [9.17, 15) is 4.79 Å². The lowest BCUT2D eigenvalue weighted by Crippen LogP contribution is -2.20. The molecule has 8 heteroatoms. The lowest BCUT2D eigenvalue weighted by Gasteiger charge is -2.06. The highest BCUT2D eigenvalue weighted by Gasteiger charge is 2.13. The second kappa shape index (κ2) is 10.5. The normalized spacial score (nSPS) is 11.0. The molecule has 35 heavy (non-hydrogen) atoms. The second-order valence-electron chi connectivity index (χ2n) is 8.02. The Labute approximate surface area is 206 Å². The Balaban J connectivity index is 1.24. The number of hydrogen-bond acceptors (Lipinski definition) is 7. The Morgan fingerprint density at radius 2 is 1.71 bits per heavy atom. The van der Waals surface area contributed by atoms with Crippen molar-refractivity contribution in [3.05, 3.63) is 84.6 Å². The van der Waals surface area contributed by atoms with Gasteiger partial charge in [-0.1, -0.05) is 48.9 Å². The molecule has 5 aromatic rings. The van der Waals surface area contributed by atoms with Crippen LogP contribution in [0.1, 0.15) is 36.5 Å². The van der Waals surface area contributed by atoms with Gasteiger partial charge in [0, 0.05) is 11.8 Å². The van der Waals surface area contributed by atoms with Crippen LogP contribution >= 0.6 is 11.3 Å². The van der Waals surface area contributed by atoms with Gasteiger partial charge in [0.2, 0.25) is 0 Å². The monoisotopic (exact) mass is 484 g/mol. The highest BCUT2D eigenvalue weighted by Crippen LogP contribution is 2.33. The fourth-order valence-corrected chi connectivity index (χ4v) is 4.52. The van der Waals surface area contributed by atoms with E-state index in [0.717, 1.165) is 44.6 Å². The van der Waals surface area contributed by atoms with E-state index in [4.69, 9.17) is 9.57 Å². The van der Waals surface area contributed by atoms with Gasteiger partial charge in [-0.25, -0.2) is 9.78 Å². The summed E-state index contributed by atoms with van der Waals surface area (Å²) >= 11 is 1.60. The third kappa shape index (κ3) is 5.22. The predicted molar refractivity (Wildman–Crippen MR) is 136 cm³/mol. The van der Waals surface area contributed by atoms with Crippen molar-refractivity contribution < 1.29 is 14.4 Å². The summed E-state index contributed by atoms with van der Waals surface area (Å²) in [7, 11) is 0. The summed E-state index contributed by atoms with van der Waals surface area (Å²) in [4.78, 5) is 24.7. The van der Waals surface area contributed by atoms with Gasteiger partial charge in [0.25, 0.3) is 0 Å². The summed E-state index contributed by atoms with van der Waals surface area (Å²) in [6, 6.07) is 22.6. The van der Waals surface area contributed by atoms with Crippen LogP contribution in [0, 0.1) is 0 Å². The average molecular weight is 485 g/mol. The Hall–Kier alpha value is -4.04. The molecule has 7 nitrogen and oxygen atoms in total. The van der Waals surface area contributed by atoms with Crippen molar-refractivity contribution in [1.82, 2.24) is 20.1 Å². The second-order valence-corrected chi connectivity index (χ2v) is 9.05. The Morgan fingerprint density at radius 3 is 2.51 bits per heavy atom. The minimum atomic E-state index is -0.505. The third-order valence-electron chi connectivity index (χ3n) is 5.52. The van der Waals surface area contributed by atoms with Gasteiger partial charge in [0.15, 0.2) is 0 Å². The number of unbranched alkanes of at least 4 members (excludes halogenated alkanes) is 2. The number of rotatable bonds is 9. The van der Waals surface area contributed by atoms with Gasteiger partial charge in [0.05, 0.1) is 17.0 Å². The molecule has 176 valence electrons. The number of ether oxygens (including phenoxy) is 1. The van der Waals surface area contributed by atoms with Crippen molar-refractivity contribution in [3.8, 4) is 26.8 Å². The summed E-state index contributed by atoms with van der Waals surface area (Å²) in [5, 5.41) is 8.82. The van der Waals surface area contributed by atoms with Crippen LogP contribution in [0.4, 0.5) is 0 Å². The molecule has 0 aliphatic carbocycles. The van der Waals surface area contributed by atoms with Gasteiger partial charge < -0.3 is 9.57 Å². The van der Waals surface area contributed by atoms with Gasteiger partial charge in [-0.15, -0.1) is 16.4 Å². The predicted octanol–water partition coefficient (Wildman–Crippen LogP) is 6.06. The number of aromatic nitrogens is 4. The number of benzene rings is 3. The van der Waals surface area contributed by atoms with Crippen molar-refractivity contribution in [3.63, 3.8) is 0 Å². The summed E-state index contributed by atoms with van der Waals surface area (Å²) in [5.74, 6) is 0.372. The first-order valence-corrected chi connectivity index (χ1v) is 12.4. The fraction of sp³-hybridized carbons (Fsp3) is 0.185. The molecule has 0 saturated heterocycles.